The van der Waals surface area contributed by atoms with E-state index in [1.807, 2.05) is 18.4 Å². The maximum Gasteiger partial charge on any atom is 0.245 e. The smallest absolute Gasteiger partial charge is 0.245 e. The van der Waals surface area contributed by atoms with Crippen molar-refractivity contribution >= 4 is 11.2 Å². The molecule has 7 nitrogen and oxygen atoms in total. The fourth-order valence-corrected chi connectivity index (χ4v) is 2.21. The summed E-state index contributed by atoms with van der Waals surface area (Å²) in [6, 6.07) is 0. The van der Waals surface area contributed by atoms with Crippen molar-refractivity contribution in [3.63, 3.8) is 0 Å². The van der Waals surface area contributed by atoms with Crippen LogP contribution in [0.25, 0.3) is 11.2 Å². The Kier molecular flexibility index (Phi) is 2.87. The van der Waals surface area contributed by atoms with Gasteiger partial charge in [-0.3, -0.25) is 0 Å². The second-order valence-corrected chi connectivity index (χ2v) is 4.90. The molecule has 1 saturated heterocycles. The number of ether oxygens (including phenoxy) is 3. The summed E-state index contributed by atoms with van der Waals surface area (Å²) in [5, 5.41) is 0. The molecule has 2 aromatic heterocycles. The van der Waals surface area contributed by atoms with E-state index in [1.165, 1.54) is 6.33 Å². The Morgan fingerprint density at radius 3 is 2.95 bits per heavy atom. The van der Waals surface area contributed by atoms with E-state index in [0.29, 0.717) is 24.5 Å². The molecule has 1 atom stereocenters. The number of aromatic nitrogens is 4. The minimum absolute atomic E-state index is 0.00615. The molecule has 0 unspecified atom stereocenters. The van der Waals surface area contributed by atoms with E-state index in [0.717, 1.165) is 5.65 Å². The maximum absolute atomic E-state index is 5.78. The molecule has 0 aliphatic carbocycles. The first kappa shape index (κ1) is 12.3. The molecule has 1 fully saturated rings. The Hall–Kier alpha value is -1.73. The third-order valence-electron chi connectivity index (χ3n) is 3.03. The molecule has 0 saturated carbocycles. The van der Waals surface area contributed by atoms with Crippen molar-refractivity contribution in [2.24, 2.45) is 0 Å². The van der Waals surface area contributed by atoms with Crippen LogP contribution in [0.4, 0.5) is 0 Å². The van der Waals surface area contributed by atoms with Crippen LogP contribution in [0.1, 0.15) is 13.8 Å². The van der Waals surface area contributed by atoms with E-state index < -0.39 is 5.79 Å². The third kappa shape index (κ3) is 2.26. The van der Waals surface area contributed by atoms with Gasteiger partial charge in [0, 0.05) is 0 Å². The molecule has 1 aliphatic heterocycles. The van der Waals surface area contributed by atoms with Crippen LogP contribution in [0.5, 0.6) is 5.88 Å². The van der Waals surface area contributed by atoms with E-state index in [-0.39, 0.29) is 6.10 Å². The van der Waals surface area contributed by atoms with E-state index in [4.69, 9.17) is 14.2 Å². The summed E-state index contributed by atoms with van der Waals surface area (Å²) in [6.45, 7) is 5.02. The fraction of sp³-hybridized carbons (Fsp3) is 0.583. The largest absolute Gasteiger partial charge is 0.479 e. The van der Waals surface area contributed by atoms with Crippen LogP contribution in [0.3, 0.4) is 0 Å². The lowest BCUT2D eigenvalue weighted by Gasteiger charge is -2.17. The first-order chi connectivity index (χ1) is 9.09. The van der Waals surface area contributed by atoms with Gasteiger partial charge in [0.15, 0.2) is 17.0 Å². The van der Waals surface area contributed by atoms with Gasteiger partial charge in [-0.15, -0.1) is 0 Å². The summed E-state index contributed by atoms with van der Waals surface area (Å²) >= 11 is 0. The van der Waals surface area contributed by atoms with Crippen molar-refractivity contribution < 1.29 is 14.2 Å². The van der Waals surface area contributed by atoms with Crippen molar-refractivity contribution in [2.75, 3.05) is 13.7 Å². The number of rotatable bonds is 3. The predicted octanol–water partition coefficient (Wildman–Crippen LogP) is 0.986. The minimum atomic E-state index is -0.520. The molecular formula is C12H16N4O3. The van der Waals surface area contributed by atoms with Gasteiger partial charge in [-0.1, -0.05) is 0 Å². The molecule has 7 heteroatoms. The van der Waals surface area contributed by atoms with Gasteiger partial charge in [0.1, 0.15) is 12.4 Å². The van der Waals surface area contributed by atoms with Crippen LogP contribution in [0.2, 0.25) is 0 Å². The Labute approximate surface area is 110 Å². The summed E-state index contributed by atoms with van der Waals surface area (Å²) in [5.41, 5.74) is 1.39. The van der Waals surface area contributed by atoms with Crippen molar-refractivity contribution in [1.29, 1.82) is 0 Å². The van der Waals surface area contributed by atoms with Crippen LogP contribution >= 0.6 is 0 Å². The molecule has 0 spiro atoms. The minimum Gasteiger partial charge on any atom is -0.479 e. The molecule has 0 radical (unpaired) electrons. The molecule has 19 heavy (non-hydrogen) atoms. The molecule has 3 heterocycles. The average Bonchev–Trinajstić information content (AvgIpc) is 2.93. The average molecular weight is 264 g/mol. The van der Waals surface area contributed by atoms with Gasteiger partial charge >= 0.3 is 0 Å². The van der Waals surface area contributed by atoms with Gasteiger partial charge in [-0.25, -0.2) is 9.97 Å². The molecular weight excluding hydrogens is 248 g/mol. The highest BCUT2D eigenvalue weighted by Gasteiger charge is 2.33. The first-order valence-electron chi connectivity index (χ1n) is 6.10. The number of hydrogen-bond donors (Lipinski definition) is 0. The lowest BCUT2D eigenvalue weighted by atomic mass is 10.3. The summed E-state index contributed by atoms with van der Waals surface area (Å²) in [6.07, 6.45) is 3.18. The Balaban J connectivity index is 1.86. The number of nitrogens with zero attached hydrogens (tertiary/aromatic N) is 4. The second-order valence-electron chi connectivity index (χ2n) is 4.90. The van der Waals surface area contributed by atoms with Crippen LogP contribution in [0.15, 0.2) is 12.7 Å². The topological polar surface area (TPSA) is 71.3 Å². The zero-order valence-corrected chi connectivity index (χ0v) is 11.2. The molecule has 0 amide bonds. The molecule has 3 rings (SSSR count). The van der Waals surface area contributed by atoms with Gasteiger partial charge in [-0.05, 0) is 13.8 Å². The summed E-state index contributed by atoms with van der Waals surface area (Å²) in [7, 11) is 1.57. The molecule has 1 aliphatic rings. The highest BCUT2D eigenvalue weighted by molar-refractivity contribution is 5.75. The SMILES string of the molecule is COc1ncnc2c1ncn2C[C@H]1COC(C)(C)O1. The molecule has 102 valence electrons. The maximum atomic E-state index is 5.78. The number of imidazole rings is 1. The van der Waals surface area contributed by atoms with Gasteiger partial charge in [0.25, 0.3) is 0 Å². The standard InChI is InChI=1S/C12H16N4O3/c1-12(2)18-5-8(19-12)4-16-7-15-9-10(16)13-6-14-11(9)17-3/h6-8H,4-5H2,1-3H3/t8-/m0/s1. The lowest BCUT2D eigenvalue weighted by Crippen LogP contribution is -2.24. The second kappa shape index (κ2) is 4.43. The normalized spacial score (nSPS) is 21.9. The van der Waals surface area contributed by atoms with Crippen molar-refractivity contribution in [2.45, 2.75) is 32.3 Å². The van der Waals surface area contributed by atoms with Gasteiger partial charge in [-0.2, -0.15) is 4.98 Å². The van der Waals surface area contributed by atoms with E-state index in [1.54, 1.807) is 13.4 Å². The number of hydrogen-bond acceptors (Lipinski definition) is 6. The Morgan fingerprint density at radius 2 is 2.26 bits per heavy atom. The fourth-order valence-electron chi connectivity index (χ4n) is 2.21. The van der Waals surface area contributed by atoms with Crippen molar-refractivity contribution in [3.05, 3.63) is 12.7 Å². The molecule has 0 aromatic carbocycles. The predicted molar refractivity (Wildman–Crippen MR) is 66.8 cm³/mol. The lowest BCUT2D eigenvalue weighted by molar-refractivity contribution is -0.139. The third-order valence-corrected chi connectivity index (χ3v) is 3.03. The number of methoxy groups -OCH3 is 1. The molecule has 0 bridgehead atoms. The van der Waals surface area contributed by atoms with E-state index in [9.17, 15) is 0 Å². The zero-order valence-electron chi connectivity index (χ0n) is 11.2. The quantitative estimate of drug-likeness (QED) is 0.823. The summed E-state index contributed by atoms with van der Waals surface area (Å²) in [5.74, 6) is -0.0408. The van der Waals surface area contributed by atoms with E-state index in [2.05, 4.69) is 15.0 Å². The Morgan fingerprint density at radius 1 is 1.42 bits per heavy atom. The number of fused-ring (bicyclic) bond motifs is 1. The van der Waals surface area contributed by atoms with Gasteiger partial charge in [0.2, 0.25) is 5.88 Å². The van der Waals surface area contributed by atoms with Gasteiger partial charge in [0.05, 0.1) is 26.6 Å². The van der Waals surface area contributed by atoms with Crippen molar-refractivity contribution in [1.82, 2.24) is 19.5 Å². The van der Waals surface area contributed by atoms with Crippen LogP contribution in [-0.2, 0) is 16.0 Å². The summed E-state index contributed by atoms with van der Waals surface area (Å²) < 4.78 is 18.4. The highest BCUT2D eigenvalue weighted by atomic mass is 16.7. The van der Waals surface area contributed by atoms with Crippen LogP contribution in [-0.4, -0.2) is 45.1 Å². The first-order valence-corrected chi connectivity index (χ1v) is 6.10. The van der Waals surface area contributed by atoms with Crippen LogP contribution in [0, 0.1) is 0 Å². The summed E-state index contributed by atoms with van der Waals surface area (Å²) in [4.78, 5) is 12.6. The zero-order chi connectivity index (χ0) is 13.5. The van der Waals surface area contributed by atoms with Crippen molar-refractivity contribution in [3.8, 4) is 5.88 Å². The van der Waals surface area contributed by atoms with Gasteiger partial charge < -0.3 is 18.8 Å². The molecule has 2 aromatic rings. The monoisotopic (exact) mass is 264 g/mol. The highest BCUT2D eigenvalue weighted by Crippen LogP contribution is 2.25. The van der Waals surface area contributed by atoms with Crippen LogP contribution < -0.4 is 4.74 Å². The van der Waals surface area contributed by atoms with E-state index >= 15 is 0 Å². The Bertz CT molecular complexity index is 596. The molecule has 0 N–H and O–H groups in total.